The summed E-state index contributed by atoms with van der Waals surface area (Å²) in [7, 11) is 0. The van der Waals surface area contributed by atoms with Gasteiger partial charge in [-0.05, 0) is 32.9 Å². The summed E-state index contributed by atoms with van der Waals surface area (Å²) in [5, 5.41) is 3.52. The van der Waals surface area contributed by atoms with Crippen LogP contribution in [-0.4, -0.2) is 0 Å². The minimum Gasteiger partial charge on any atom is -0.320 e. The van der Waals surface area contributed by atoms with Gasteiger partial charge in [0, 0.05) is 15.4 Å². The molecule has 2 N–H and O–H groups in total. The molecule has 0 saturated carbocycles. The summed E-state index contributed by atoms with van der Waals surface area (Å²) in [6.45, 7) is 0. The first-order valence-corrected chi connectivity index (χ1v) is 6.36. The summed E-state index contributed by atoms with van der Waals surface area (Å²) < 4.78 is 40.1. The van der Waals surface area contributed by atoms with Crippen LogP contribution in [-0.2, 0) is 0 Å². The summed E-state index contributed by atoms with van der Waals surface area (Å²) in [6.07, 6.45) is 0. The fraction of sp³-hybridized carbons (Fsp3) is 0.0909. The zero-order valence-corrected chi connectivity index (χ0v) is 10.8. The highest BCUT2D eigenvalue weighted by atomic mass is 79.9. The van der Waals surface area contributed by atoms with Gasteiger partial charge in [0.1, 0.15) is 0 Å². The predicted molar refractivity (Wildman–Crippen MR) is 64.4 cm³/mol. The lowest BCUT2D eigenvalue weighted by Gasteiger charge is -2.13. The van der Waals surface area contributed by atoms with E-state index in [2.05, 4.69) is 15.9 Å². The second-order valence-electron chi connectivity index (χ2n) is 3.42. The highest BCUT2D eigenvalue weighted by Crippen LogP contribution is 2.31. The Bertz CT molecular complexity index is 556. The maximum absolute atomic E-state index is 13.5. The molecule has 0 aliphatic heterocycles. The molecule has 0 aliphatic rings. The first-order chi connectivity index (χ1) is 8.02. The van der Waals surface area contributed by atoms with E-state index in [1.165, 1.54) is 11.3 Å². The summed E-state index contributed by atoms with van der Waals surface area (Å²) >= 11 is 4.65. The van der Waals surface area contributed by atoms with Crippen LogP contribution in [0, 0.1) is 17.5 Å². The van der Waals surface area contributed by atoms with E-state index in [1.807, 2.05) is 0 Å². The second kappa shape index (κ2) is 4.80. The van der Waals surface area contributed by atoms with Gasteiger partial charge in [0.05, 0.1) is 6.04 Å². The Balaban J connectivity index is 2.48. The smallest absolute Gasteiger partial charge is 0.194 e. The molecule has 90 valence electrons. The zero-order valence-electron chi connectivity index (χ0n) is 8.38. The van der Waals surface area contributed by atoms with E-state index < -0.39 is 23.5 Å². The summed E-state index contributed by atoms with van der Waals surface area (Å²) in [4.78, 5) is 0. The topological polar surface area (TPSA) is 26.0 Å². The third kappa shape index (κ3) is 2.25. The lowest BCUT2D eigenvalue weighted by molar-refractivity contribution is 0.438. The Hall–Kier alpha value is -0.850. The molecule has 1 aromatic heterocycles. The Labute approximate surface area is 108 Å². The van der Waals surface area contributed by atoms with Crippen LogP contribution in [0.2, 0.25) is 0 Å². The quantitative estimate of drug-likeness (QED) is 0.832. The molecule has 1 nitrogen and oxygen atoms in total. The number of benzene rings is 1. The van der Waals surface area contributed by atoms with Gasteiger partial charge >= 0.3 is 0 Å². The van der Waals surface area contributed by atoms with Gasteiger partial charge in [-0.25, -0.2) is 13.2 Å². The SMILES string of the molecule is NC(c1cscc1Br)c1ccc(F)c(F)c1F. The van der Waals surface area contributed by atoms with Crippen LogP contribution in [0.15, 0.2) is 27.4 Å². The number of nitrogens with two attached hydrogens (primary N) is 1. The molecule has 1 heterocycles. The molecule has 0 bridgehead atoms. The Kier molecular flexibility index (Phi) is 3.56. The van der Waals surface area contributed by atoms with Crippen molar-refractivity contribution in [3.8, 4) is 0 Å². The van der Waals surface area contributed by atoms with Crippen molar-refractivity contribution >= 4 is 27.3 Å². The van der Waals surface area contributed by atoms with Gasteiger partial charge in [0.15, 0.2) is 17.5 Å². The molecule has 1 unspecified atom stereocenters. The lowest BCUT2D eigenvalue weighted by Crippen LogP contribution is -2.14. The maximum Gasteiger partial charge on any atom is 0.194 e. The summed E-state index contributed by atoms with van der Waals surface area (Å²) in [5.41, 5.74) is 6.40. The van der Waals surface area contributed by atoms with Gasteiger partial charge in [0.25, 0.3) is 0 Å². The molecule has 17 heavy (non-hydrogen) atoms. The van der Waals surface area contributed by atoms with Crippen molar-refractivity contribution in [2.75, 3.05) is 0 Å². The zero-order chi connectivity index (χ0) is 12.6. The van der Waals surface area contributed by atoms with Crippen molar-refractivity contribution in [3.63, 3.8) is 0 Å². The molecular weight excluding hydrogens is 315 g/mol. The molecule has 1 atom stereocenters. The van der Waals surface area contributed by atoms with E-state index >= 15 is 0 Å². The highest BCUT2D eigenvalue weighted by Gasteiger charge is 2.21. The van der Waals surface area contributed by atoms with Gasteiger partial charge in [-0.1, -0.05) is 6.07 Å². The summed E-state index contributed by atoms with van der Waals surface area (Å²) in [6, 6.07) is 1.20. The molecule has 6 heteroatoms. The highest BCUT2D eigenvalue weighted by molar-refractivity contribution is 9.10. The van der Waals surface area contributed by atoms with E-state index in [-0.39, 0.29) is 5.56 Å². The van der Waals surface area contributed by atoms with Crippen molar-refractivity contribution in [3.05, 3.63) is 55.9 Å². The number of hydrogen-bond acceptors (Lipinski definition) is 2. The first-order valence-electron chi connectivity index (χ1n) is 4.63. The minimum atomic E-state index is -1.50. The Morgan fingerprint density at radius 3 is 2.35 bits per heavy atom. The van der Waals surface area contributed by atoms with Crippen LogP contribution in [0.1, 0.15) is 17.2 Å². The second-order valence-corrected chi connectivity index (χ2v) is 5.02. The van der Waals surface area contributed by atoms with Gasteiger partial charge in [-0.3, -0.25) is 0 Å². The Morgan fingerprint density at radius 1 is 1.06 bits per heavy atom. The van der Waals surface area contributed by atoms with Crippen LogP contribution in [0.4, 0.5) is 13.2 Å². The molecule has 0 spiro atoms. The fourth-order valence-electron chi connectivity index (χ4n) is 1.46. The standard InChI is InChI=1S/C11H7BrF3NS/c12-7-4-17-3-6(7)11(16)5-1-2-8(13)10(15)9(5)14/h1-4,11H,16H2. The van der Waals surface area contributed by atoms with Gasteiger partial charge < -0.3 is 5.73 Å². The van der Waals surface area contributed by atoms with Gasteiger partial charge in [0.2, 0.25) is 0 Å². The van der Waals surface area contributed by atoms with Crippen molar-refractivity contribution in [2.24, 2.45) is 5.73 Å². The normalized spacial score (nSPS) is 12.8. The molecule has 0 radical (unpaired) electrons. The van der Waals surface area contributed by atoms with E-state index in [1.54, 1.807) is 10.8 Å². The molecule has 0 fully saturated rings. The van der Waals surface area contributed by atoms with Crippen molar-refractivity contribution in [1.29, 1.82) is 0 Å². The molecule has 2 aromatic rings. The Morgan fingerprint density at radius 2 is 1.76 bits per heavy atom. The average molecular weight is 322 g/mol. The van der Waals surface area contributed by atoms with E-state index in [9.17, 15) is 13.2 Å². The molecule has 2 rings (SSSR count). The molecular formula is C11H7BrF3NS. The maximum atomic E-state index is 13.5. The predicted octanol–water partition coefficient (Wildman–Crippen LogP) is 3.98. The molecule has 0 aliphatic carbocycles. The lowest BCUT2D eigenvalue weighted by atomic mass is 10.0. The average Bonchev–Trinajstić information content (AvgIpc) is 2.72. The molecule has 1 aromatic carbocycles. The fourth-order valence-corrected chi connectivity index (χ4v) is 3.04. The van der Waals surface area contributed by atoms with E-state index in [4.69, 9.17) is 5.73 Å². The van der Waals surface area contributed by atoms with E-state index in [0.717, 1.165) is 16.6 Å². The van der Waals surface area contributed by atoms with Crippen LogP contribution in [0.25, 0.3) is 0 Å². The first kappa shape index (κ1) is 12.6. The van der Waals surface area contributed by atoms with Crippen molar-refractivity contribution in [2.45, 2.75) is 6.04 Å². The van der Waals surface area contributed by atoms with Crippen LogP contribution in [0.3, 0.4) is 0 Å². The van der Waals surface area contributed by atoms with Crippen molar-refractivity contribution in [1.82, 2.24) is 0 Å². The molecule has 0 amide bonds. The summed E-state index contributed by atoms with van der Waals surface area (Å²) in [5.74, 6) is -3.96. The third-order valence-corrected chi connectivity index (χ3v) is 4.13. The van der Waals surface area contributed by atoms with Gasteiger partial charge in [-0.15, -0.1) is 0 Å². The van der Waals surface area contributed by atoms with Gasteiger partial charge in [-0.2, -0.15) is 11.3 Å². The van der Waals surface area contributed by atoms with Crippen LogP contribution >= 0.6 is 27.3 Å². The van der Waals surface area contributed by atoms with Crippen molar-refractivity contribution < 1.29 is 13.2 Å². The molecule has 0 saturated heterocycles. The largest absolute Gasteiger partial charge is 0.320 e. The number of thiophene rings is 1. The van der Waals surface area contributed by atoms with Crippen LogP contribution in [0.5, 0.6) is 0 Å². The van der Waals surface area contributed by atoms with Crippen LogP contribution < -0.4 is 5.73 Å². The third-order valence-electron chi connectivity index (χ3n) is 2.38. The number of rotatable bonds is 2. The number of hydrogen-bond donors (Lipinski definition) is 1. The number of halogens is 4. The monoisotopic (exact) mass is 321 g/mol. The van der Waals surface area contributed by atoms with E-state index in [0.29, 0.717) is 5.56 Å². The minimum absolute atomic E-state index is 0.0667.